The number of nitrogens with one attached hydrogen (secondary N) is 1. The molecule has 0 aliphatic carbocycles. The van der Waals surface area contributed by atoms with Crippen molar-refractivity contribution in [2.45, 2.75) is 6.42 Å². The second-order valence-electron chi connectivity index (χ2n) is 2.97. The van der Waals surface area contributed by atoms with Gasteiger partial charge in [0.15, 0.2) is 5.69 Å². The summed E-state index contributed by atoms with van der Waals surface area (Å²) in [6.07, 6.45) is 2.19. The van der Waals surface area contributed by atoms with Crippen molar-refractivity contribution in [2.75, 3.05) is 20.3 Å². The monoisotopic (exact) mass is 210 g/mol. The lowest BCUT2D eigenvalue weighted by atomic mass is 10.3. The van der Waals surface area contributed by atoms with Gasteiger partial charge in [0.05, 0.1) is 0 Å². The number of ether oxygens (including phenoxy) is 1. The van der Waals surface area contributed by atoms with E-state index >= 15 is 0 Å². The maximum absolute atomic E-state index is 11.5. The van der Waals surface area contributed by atoms with Crippen LogP contribution in [0.3, 0.4) is 0 Å². The maximum Gasteiger partial charge on any atom is 0.273 e. The molecule has 1 aromatic rings. The molecule has 15 heavy (non-hydrogen) atoms. The lowest BCUT2D eigenvalue weighted by Crippen LogP contribution is -2.26. The molecular formula is C10H14N2O3. The predicted octanol–water partition coefficient (Wildman–Crippen LogP) is 0.553. The first-order valence-corrected chi connectivity index (χ1v) is 4.67. The van der Waals surface area contributed by atoms with E-state index in [-0.39, 0.29) is 17.4 Å². The summed E-state index contributed by atoms with van der Waals surface area (Å²) >= 11 is 0. The fraction of sp³-hybridized carbons (Fsp3) is 0.400. The summed E-state index contributed by atoms with van der Waals surface area (Å²) in [7, 11) is 1.60. The molecule has 0 saturated carbocycles. The fourth-order valence-electron chi connectivity index (χ4n) is 1.07. The number of aromatic hydroxyl groups is 1. The van der Waals surface area contributed by atoms with Crippen molar-refractivity contribution in [1.29, 1.82) is 0 Å². The standard InChI is InChI=1S/C10H14N2O3/c1-15-7-3-6-12-10(14)9-8(13)4-2-5-11-9/h2,4-5,13H,3,6-7H2,1H3,(H,12,14). The van der Waals surface area contributed by atoms with Crippen LogP contribution >= 0.6 is 0 Å². The van der Waals surface area contributed by atoms with Gasteiger partial charge in [-0.15, -0.1) is 0 Å². The summed E-state index contributed by atoms with van der Waals surface area (Å²) < 4.78 is 4.84. The van der Waals surface area contributed by atoms with Crippen molar-refractivity contribution >= 4 is 5.91 Å². The number of aromatic nitrogens is 1. The number of hydrogen-bond acceptors (Lipinski definition) is 4. The molecule has 0 saturated heterocycles. The van der Waals surface area contributed by atoms with E-state index in [4.69, 9.17) is 4.74 Å². The molecule has 1 rings (SSSR count). The predicted molar refractivity (Wildman–Crippen MR) is 54.7 cm³/mol. The molecule has 0 aliphatic heterocycles. The highest BCUT2D eigenvalue weighted by Crippen LogP contribution is 2.11. The Hall–Kier alpha value is -1.62. The van der Waals surface area contributed by atoms with Crippen molar-refractivity contribution in [1.82, 2.24) is 10.3 Å². The first kappa shape index (κ1) is 11.5. The van der Waals surface area contributed by atoms with Crippen LogP contribution in [0.25, 0.3) is 0 Å². The van der Waals surface area contributed by atoms with E-state index in [9.17, 15) is 9.90 Å². The third-order valence-electron chi connectivity index (χ3n) is 1.81. The van der Waals surface area contributed by atoms with Gasteiger partial charge in [-0.25, -0.2) is 4.98 Å². The number of methoxy groups -OCH3 is 1. The number of amides is 1. The molecule has 5 heteroatoms. The highest BCUT2D eigenvalue weighted by molar-refractivity contribution is 5.94. The van der Waals surface area contributed by atoms with E-state index < -0.39 is 0 Å². The van der Waals surface area contributed by atoms with Gasteiger partial charge in [0.1, 0.15) is 5.75 Å². The van der Waals surface area contributed by atoms with E-state index in [1.165, 1.54) is 12.3 Å². The van der Waals surface area contributed by atoms with Gasteiger partial charge in [0, 0.05) is 26.5 Å². The van der Waals surface area contributed by atoms with Crippen LogP contribution < -0.4 is 5.32 Å². The largest absolute Gasteiger partial charge is 0.505 e. The minimum atomic E-state index is -0.371. The summed E-state index contributed by atoms with van der Waals surface area (Å²) in [5.41, 5.74) is 0.0508. The molecule has 1 amide bonds. The van der Waals surface area contributed by atoms with Crippen LogP contribution in [-0.2, 0) is 4.74 Å². The van der Waals surface area contributed by atoms with Crippen LogP contribution in [0.2, 0.25) is 0 Å². The molecule has 0 unspecified atom stereocenters. The lowest BCUT2D eigenvalue weighted by molar-refractivity contribution is 0.0940. The number of nitrogens with zero attached hydrogens (tertiary/aromatic N) is 1. The molecule has 0 radical (unpaired) electrons. The molecule has 82 valence electrons. The Morgan fingerprint density at radius 2 is 2.47 bits per heavy atom. The SMILES string of the molecule is COCCCNC(=O)c1ncccc1O. The third-order valence-corrected chi connectivity index (χ3v) is 1.81. The average molecular weight is 210 g/mol. The topological polar surface area (TPSA) is 71.5 Å². The molecule has 0 aliphatic rings. The van der Waals surface area contributed by atoms with Gasteiger partial charge in [-0.3, -0.25) is 4.79 Å². The van der Waals surface area contributed by atoms with E-state index in [0.29, 0.717) is 13.2 Å². The number of hydrogen-bond donors (Lipinski definition) is 2. The Bertz CT molecular complexity index is 328. The van der Waals surface area contributed by atoms with Crippen molar-refractivity contribution < 1.29 is 14.6 Å². The van der Waals surface area contributed by atoms with Gasteiger partial charge < -0.3 is 15.2 Å². The number of rotatable bonds is 5. The third kappa shape index (κ3) is 3.55. The number of carbonyl (C=O) groups is 1. The van der Waals surface area contributed by atoms with Crippen LogP contribution in [-0.4, -0.2) is 36.3 Å². The number of carbonyl (C=O) groups excluding carboxylic acids is 1. The van der Waals surface area contributed by atoms with E-state index in [2.05, 4.69) is 10.3 Å². The van der Waals surface area contributed by atoms with Crippen LogP contribution in [0, 0.1) is 0 Å². The molecule has 2 N–H and O–H groups in total. The van der Waals surface area contributed by atoms with Crippen molar-refractivity contribution in [3.05, 3.63) is 24.0 Å². The minimum Gasteiger partial charge on any atom is -0.505 e. The zero-order valence-corrected chi connectivity index (χ0v) is 8.56. The van der Waals surface area contributed by atoms with Crippen LogP contribution in [0.15, 0.2) is 18.3 Å². The molecule has 0 aromatic carbocycles. The average Bonchev–Trinajstić information content (AvgIpc) is 2.25. The molecule has 0 spiro atoms. The zero-order valence-electron chi connectivity index (χ0n) is 8.56. The quantitative estimate of drug-likeness (QED) is 0.696. The Morgan fingerprint density at radius 3 is 3.13 bits per heavy atom. The normalized spacial score (nSPS) is 9.93. The second kappa shape index (κ2) is 5.98. The Labute approximate surface area is 88.1 Å². The van der Waals surface area contributed by atoms with E-state index in [1.807, 2.05) is 0 Å². The summed E-state index contributed by atoms with van der Waals surface area (Å²) in [5, 5.41) is 12.0. The summed E-state index contributed by atoms with van der Waals surface area (Å²) in [4.78, 5) is 15.2. The van der Waals surface area contributed by atoms with Crippen molar-refractivity contribution in [2.24, 2.45) is 0 Å². The van der Waals surface area contributed by atoms with Gasteiger partial charge in [0.2, 0.25) is 0 Å². The zero-order chi connectivity index (χ0) is 11.1. The summed E-state index contributed by atoms with van der Waals surface area (Å²) in [6.45, 7) is 1.09. The second-order valence-corrected chi connectivity index (χ2v) is 2.97. The molecular weight excluding hydrogens is 196 g/mol. The van der Waals surface area contributed by atoms with Gasteiger partial charge in [-0.2, -0.15) is 0 Å². The highest BCUT2D eigenvalue weighted by Gasteiger charge is 2.10. The minimum absolute atomic E-state index is 0.0508. The van der Waals surface area contributed by atoms with Crippen LogP contribution in [0.5, 0.6) is 5.75 Å². The Balaban J connectivity index is 2.44. The lowest BCUT2D eigenvalue weighted by Gasteiger charge is -2.04. The van der Waals surface area contributed by atoms with Crippen LogP contribution in [0.4, 0.5) is 0 Å². The van der Waals surface area contributed by atoms with E-state index in [1.54, 1.807) is 13.2 Å². The van der Waals surface area contributed by atoms with Crippen LogP contribution in [0.1, 0.15) is 16.9 Å². The van der Waals surface area contributed by atoms with Crippen molar-refractivity contribution in [3.63, 3.8) is 0 Å². The molecule has 1 heterocycles. The molecule has 0 fully saturated rings. The van der Waals surface area contributed by atoms with Gasteiger partial charge >= 0.3 is 0 Å². The first-order chi connectivity index (χ1) is 7.25. The first-order valence-electron chi connectivity index (χ1n) is 4.67. The molecule has 5 nitrogen and oxygen atoms in total. The maximum atomic E-state index is 11.5. The fourth-order valence-corrected chi connectivity index (χ4v) is 1.07. The molecule has 0 atom stereocenters. The Kier molecular flexibility index (Phi) is 4.56. The number of pyridine rings is 1. The van der Waals surface area contributed by atoms with Gasteiger partial charge in [-0.05, 0) is 18.6 Å². The molecule has 0 bridgehead atoms. The smallest absolute Gasteiger partial charge is 0.273 e. The summed E-state index contributed by atoms with van der Waals surface area (Å²) in [5.74, 6) is -0.481. The Morgan fingerprint density at radius 1 is 1.67 bits per heavy atom. The summed E-state index contributed by atoms with van der Waals surface area (Å²) in [6, 6.07) is 2.99. The van der Waals surface area contributed by atoms with Gasteiger partial charge in [-0.1, -0.05) is 0 Å². The van der Waals surface area contributed by atoms with Crippen molar-refractivity contribution in [3.8, 4) is 5.75 Å². The van der Waals surface area contributed by atoms with Gasteiger partial charge in [0.25, 0.3) is 5.91 Å². The van der Waals surface area contributed by atoms with E-state index in [0.717, 1.165) is 6.42 Å². The highest BCUT2D eigenvalue weighted by atomic mass is 16.5. The molecule has 1 aromatic heterocycles.